The molecule has 0 bridgehead atoms. The zero-order chi connectivity index (χ0) is 17.9. The summed E-state index contributed by atoms with van der Waals surface area (Å²) in [6.07, 6.45) is 2.61. The molecule has 1 aliphatic carbocycles. The number of amides is 2. The first-order valence-electron chi connectivity index (χ1n) is 8.67. The second kappa shape index (κ2) is 7.25. The van der Waals surface area contributed by atoms with Gasteiger partial charge in [0.25, 0.3) is 0 Å². The summed E-state index contributed by atoms with van der Waals surface area (Å²) in [6, 6.07) is 13.9. The second-order valence-electron chi connectivity index (χ2n) is 6.49. The molecule has 0 atom stereocenters. The van der Waals surface area contributed by atoms with E-state index in [-0.39, 0.29) is 24.8 Å². The van der Waals surface area contributed by atoms with Crippen LogP contribution in [0.5, 0.6) is 0 Å². The molecule has 2 amide bonds. The summed E-state index contributed by atoms with van der Waals surface area (Å²) in [7, 11) is 0. The lowest BCUT2D eigenvalue weighted by atomic mass is 10.0. The summed E-state index contributed by atoms with van der Waals surface area (Å²) in [5, 5.41) is 10.2. The Labute approximate surface area is 155 Å². The number of carbonyl (C=O) groups is 2. The van der Waals surface area contributed by atoms with E-state index in [0.29, 0.717) is 11.0 Å². The number of aromatic nitrogens is 1. The molecule has 4 rings (SSSR count). The van der Waals surface area contributed by atoms with E-state index in [1.807, 2.05) is 47.8 Å². The van der Waals surface area contributed by atoms with E-state index in [1.165, 1.54) is 24.2 Å². The lowest BCUT2D eigenvalue weighted by Gasteiger charge is -2.08. The monoisotopic (exact) mass is 365 g/mol. The molecule has 2 N–H and O–H groups in total. The molecule has 132 valence electrons. The van der Waals surface area contributed by atoms with E-state index < -0.39 is 0 Å². The van der Waals surface area contributed by atoms with Crippen molar-refractivity contribution >= 4 is 39.1 Å². The SMILES string of the molecule is O=C(Cc1cccc2ccccc12)NCC(=O)Nc1nc(C2CC2)cs1. The molecule has 0 radical (unpaired) electrons. The first kappa shape index (κ1) is 16.7. The smallest absolute Gasteiger partial charge is 0.245 e. The van der Waals surface area contributed by atoms with Gasteiger partial charge in [0.2, 0.25) is 11.8 Å². The van der Waals surface area contributed by atoms with Gasteiger partial charge in [0.1, 0.15) is 0 Å². The highest BCUT2D eigenvalue weighted by atomic mass is 32.1. The van der Waals surface area contributed by atoms with Gasteiger partial charge in [0.05, 0.1) is 18.7 Å². The predicted octanol–water partition coefficient (Wildman–Crippen LogP) is 3.47. The van der Waals surface area contributed by atoms with Crippen LogP contribution >= 0.6 is 11.3 Å². The van der Waals surface area contributed by atoms with Crippen molar-refractivity contribution in [2.24, 2.45) is 0 Å². The van der Waals surface area contributed by atoms with Crippen molar-refractivity contribution in [2.75, 3.05) is 11.9 Å². The molecule has 1 fully saturated rings. The fraction of sp³-hybridized carbons (Fsp3) is 0.250. The van der Waals surface area contributed by atoms with Gasteiger partial charge in [-0.05, 0) is 29.2 Å². The number of rotatable bonds is 6. The Morgan fingerprint density at radius 1 is 1.08 bits per heavy atom. The van der Waals surface area contributed by atoms with Crippen molar-refractivity contribution < 1.29 is 9.59 Å². The second-order valence-corrected chi connectivity index (χ2v) is 7.35. The average Bonchev–Trinajstić information content (AvgIpc) is 3.40. The molecule has 1 heterocycles. The standard InChI is InChI=1S/C20H19N3O2S/c24-18(10-15-6-3-5-13-4-1-2-7-16(13)15)21-11-19(25)23-20-22-17(12-26-20)14-8-9-14/h1-7,12,14H,8-11H2,(H,21,24)(H,22,23,25). The van der Waals surface area contributed by atoms with Gasteiger partial charge in [0, 0.05) is 11.3 Å². The summed E-state index contributed by atoms with van der Waals surface area (Å²) in [6.45, 7) is -0.0536. The Bertz CT molecular complexity index is 957. The molecule has 1 aliphatic rings. The molecule has 0 spiro atoms. The van der Waals surface area contributed by atoms with Gasteiger partial charge in [0.15, 0.2) is 5.13 Å². The zero-order valence-corrected chi connectivity index (χ0v) is 15.0. The number of nitrogens with zero attached hydrogens (tertiary/aromatic N) is 1. The Balaban J connectivity index is 1.30. The number of carbonyl (C=O) groups excluding carboxylic acids is 2. The molecule has 5 nitrogen and oxygen atoms in total. The quantitative estimate of drug-likeness (QED) is 0.703. The van der Waals surface area contributed by atoms with Gasteiger partial charge in [-0.1, -0.05) is 42.5 Å². The number of hydrogen-bond acceptors (Lipinski definition) is 4. The van der Waals surface area contributed by atoms with Crippen molar-refractivity contribution in [3.63, 3.8) is 0 Å². The molecule has 0 aliphatic heterocycles. The third-order valence-corrected chi connectivity index (χ3v) is 5.22. The number of fused-ring (bicyclic) bond motifs is 1. The molecule has 3 aromatic rings. The maximum Gasteiger partial charge on any atom is 0.245 e. The summed E-state index contributed by atoms with van der Waals surface area (Å²) < 4.78 is 0. The molecule has 0 unspecified atom stereocenters. The topological polar surface area (TPSA) is 71.1 Å². The molecule has 2 aromatic carbocycles. The Hall–Kier alpha value is -2.73. The largest absolute Gasteiger partial charge is 0.347 e. The molecular formula is C20H19N3O2S. The highest BCUT2D eigenvalue weighted by Crippen LogP contribution is 2.40. The molecular weight excluding hydrogens is 346 g/mol. The first-order valence-corrected chi connectivity index (χ1v) is 9.55. The minimum absolute atomic E-state index is 0.0536. The van der Waals surface area contributed by atoms with Crippen LogP contribution in [0.3, 0.4) is 0 Å². The third-order valence-electron chi connectivity index (χ3n) is 4.44. The van der Waals surface area contributed by atoms with E-state index in [4.69, 9.17) is 0 Å². The lowest BCUT2D eigenvalue weighted by Crippen LogP contribution is -2.33. The van der Waals surface area contributed by atoms with E-state index in [1.54, 1.807) is 0 Å². The van der Waals surface area contributed by atoms with Gasteiger partial charge in [-0.25, -0.2) is 4.98 Å². The number of hydrogen-bond donors (Lipinski definition) is 2. The van der Waals surface area contributed by atoms with E-state index in [2.05, 4.69) is 15.6 Å². The van der Waals surface area contributed by atoms with Gasteiger partial charge < -0.3 is 10.6 Å². The van der Waals surface area contributed by atoms with Crippen LogP contribution in [0, 0.1) is 0 Å². The summed E-state index contributed by atoms with van der Waals surface area (Å²) >= 11 is 1.43. The third kappa shape index (κ3) is 3.91. The lowest BCUT2D eigenvalue weighted by molar-refractivity contribution is -0.123. The Morgan fingerprint density at radius 3 is 2.73 bits per heavy atom. The van der Waals surface area contributed by atoms with Gasteiger partial charge in [-0.15, -0.1) is 11.3 Å². The predicted molar refractivity (Wildman–Crippen MR) is 103 cm³/mol. The van der Waals surface area contributed by atoms with Crippen LogP contribution in [-0.2, 0) is 16.0 Å². The van der Waals surface area contributed by atoms with Gasteiger partial charge >= 0.3 is 0 Å². The number of benzene rings is 2. The fourth-order valence-electron chi connectivity index (χ4n) is 2.93. The maximum atomic E-state index is 12.2. The number of anilines is 1. The van der Waals surface area contributed by atoms with Crippen molar-refractivity contribution in [3.8, 4) is 0 Å². The Kier molecular flexibility index (Phi) is 4.67. The Morgan fingerprint density at radius 2 is 1.88 bits per heavy atom. The van der Waals surface area contributed by atoms with Gasteiger partial charge in [-0.2, -0.15) is 0 Å². The average molecular weight is 365 g/mol. The van der Waals surface area contributed by atoms with Gasteiger partial charge in [-0.3, -0.25) is 9.59 Å². The summed E-state index contributed by atoms with van der Waals surface area (Å²) in [5.74, 6) is 0.138. The molecule has 0 saturated heterocycles. The molecule has 1 aromatic heterocycles. The van der Waals surface area contributed by atoms with Crippen LogP contribution in [0.2, 0.25) is 0 Å². The van der Waals surface area contributed by atoms with E-state index in [9.17, 15) is 9.59 Å². The van der Waals surface area contributed by atoms with Crippen LogP contribution in [-0.4, -0.2) is 23.3 Å². The minimum Gasteiger partial charge on any atom is -0.347 e. The van der Waals surface area contributed by atoms with Crippen molar-refractivity contribution in [1.82, 2.24) is 10.3 Å². The van der Waals surface area contributed by atoms with Crippen LogP contribution in [0.4, 0.5) is 5.13 Å². The van der Waals surface area contributed by atoms with Crippen molar-refractivity contribution in [3.05, 3.63) is 59.1 Å². The molecule has 1 saturated carbocycles. The zero-order valence-electron chi connectivity index (χ0n) is 14.2. The van der Waals surface area contributed by atoms with Crippen LogP contribution in [0.15, 0.2) is 47.8 Å². The number of nitrogens with one attached hydrogen (secondary N) is 2. The minimum atomic E-state index is -0.257. The number of thiazole rings is 1. The van der Waals surface area contributed by atoms with E-state index >= 15 is 0 Å². The van der Waals surface area contributed by atoms with Crippen molar-refractivity contribution in [1.29, 1.82) is 0 Å². The normalized spacial score (nSPS) is 13.5. The fourth-order valence-corrected chi connectivity index (χ4v) is 3.74. The first-order chi connectivity index (χ1) is 12.7. The molecule has 26 heavy (non-hydrogen) atoms. The molecule has 6 heteroatoms. The highest BCUT2D eigenvalue weighted by molar-refractivity contribution is 7.13. The van der Waals surface area contributed by atoms with Crippen molar-refractivity contribution in [2.45, 2.75) is 25.2 Å². The summed E-state index contributed by atoms with van der Waals surface area (Å²) in [5.41, 5.74) is 2.01. The van der Waals surface area contributed by atoms with Crippen LogP contribution in [0.25, 0.3) is 10.8 Å². The highest BCUT2D eigenvalue weighted by Gasteiger charge is 2.26. The van der Waals surface area contributed by atoms with E-state index in [0.717, 1.165) is 22.0 Å². The summed E-state index contributed by atoms with van der Waals surface area (Å²) in [4.78, 5) is 28.6. The van der Waals surface area contributed by atoms with Crippen LogP contribution < -0.4 is 10.6 Å². The maximum absolute atomic E-state index is 12.2. The van der Waals surface area contributed by atoms with Crippen LogP contribution in [0.1, 0.15) is 30.0 Å².